The highest BCUT2D eigenvalue weighted by Crippen LogP contribution is 2.18. The zero-order chi connectivity index (χ0) is 16.1. The van der Waals surface area contributed by atoms with E-state index in [1.807, 2.05) is 0 Å². The Morgan fingerprint density at radius 2 is 1.68 bits per heavy atom. The van der Waals surface area contributed by atoms with Crippen molar-refractivity contribution < 1.29 is 24.9 Å². The van der Waals surface area contributed by atoms with Crippen LogP contribution in [0.3, 0.4) is 0 Å². The number of aliphatic hydroxyl groups excluding tert-OH is 3. The van der Waals surface area contributed by atoms with Gasteiger partial charge >= 0.3 is 0 Å². The molecular weight excluding hydrogens is 284 g/mol. The van der Waals surface area contributed by atoms with E-state index in [1.54, 1.807) is 42.5 Å². The third-order valence-electron chi connectivity index (χ3n) is 3.61. The van der Waals surface area contributed by atoms with Crippen molar-refractivity contribution in [3.63, 3.8) is 0 Å². The molecule has 0 bridgehead atoms. The van der Waals surface area contributed by atoms with E-state index in [0.29, 0.717) is 6.42 Å². The molecule has 0 fully saturated rings. The highest BCUT2D eigenvalue weighted by atomic mass is 16.4. The van der Waals surface area contributed by atoms with Gasteiger partial charge in [0, 0.05) is 11.5 Å². The lowest BCUT2D eigenvalue weighted by Gasteiger charge is -2.24. The van der Waals surface area contributed by atoms with Gasteiger partial charge in [0.05, 0.1) is 0 Å². The van der Waals surface area contributed by atoms with E-state index >= 15 is 0 Å². The minimum Gasteiger partial charge on any atom is -0.387 e. The van der Waals surface area contributed by atoms with Gasteiger partial charge < -0.3 is 15.3 Å². The molecule has 116 valence electrons. The molecule has 0 saturated heterocycles. The number of benzene rings is 1. The minimum atomic E-state index is -1.86. The number of ketones is 2. The lowest BCUT2D eigenvalue weighted by atomic mass is 9.88. The van der Waals surface area contributed by atoms with Crippen LogP contribution in [0.5, 0.6) is 0 Å². The number of aliphatic hydroxyl groups is 3. The second-order valence-electron chi connectivity index (χ2n) is 5.17. The van der Waals surface area contributed by atoms with Gasteiger partial charge in [-0.3, -0.25) is 9.59 Å². The summed E-state index contributed by atoms with van der Waals surface area (Å²) in [4.78, 5) is 24.1. The van der Waals surface area contributed by atoms with Gasteiger partial charge in [-0.15, -0.1) is 0 Å². The fourth-order valence-corrected chi connectivity index (χ4v) is 2.28. The molecule has 5 heteroatoms. The SMILES string of the molecule is O=C(c1ccccc1)[C@@H](O)[C@H](O)[C@@H](O)C(=O)C1C=CC=CC1. The van der Waals surface area contributed by atoms with E-state index in [4.69, 9.17) is 0 Å². The Hall–Kier alpha value is -2.08. The van der Waals surface area contributed by atoms with Crippen LogP contribution < -0.4 is 0 Å². The van der Waals surface area contributed by atoms with E-state index in [-0.39, 0.29) is 5.56 Å². The van der Waals surface area contributed by atoms with Crippen LogP contribution in [0.1, 0.15) is 16.8 Å². The summed E-state index contributed by atoms with van der Waals surface area (Å²) < 4.78 is 0. The third-order valence-corrected chi connectivity index (χ3v) is 3.61. The molecule has 1 unspecified atom stereocenters. The van der Waals surface area contributed by atoms with Crippen LogP contribution in [-0.2, 0) is 4.79 Å². The largest absolute Gasteiger partial charge is 0.387 e. The Balaban J connectivity index is 2.04. The minimum absolute atomic E-state index is 0.203. The molecule has 0 heterocycles. The number of hydrogen-bond donors (Lipinski definition) is 3. The van der Waals surface area contributed by atoms with Crippen LogP contribution in [0.4, 0.5) is 0 Å². The fourth-order valence-electron chi connectivity index (χ4n) is 2.28. The van der Waals surface area contributed by atoms with Crippen LogP contribution in [-0.4, -0.2) is 45.2 Å². The van der Waals surface area contributed by atoms with Crippen LogP contribution in [0.15, 0.2) is 54.6 Å². The summed E-state index contributed by atoms with van der Waals surface area (Å²) in [5.74, 6) is -1.92. The van der Waals surface area contributed by atoms with Crippen molar-refractivity contribution in [3.8, 4) is 0 Å². The zero-order valence-electron chi connectivity index (χ0n) is 11.9. The number of Topliss-reactive ketones (excluding diaryl/α,β-unsaturated/α-hetero) is 2. The van der Waals surface area contributed by atoms with Crippen molar-refractivity contribution in [2.45, 2.75) is 24.7 Å². The van der Waals surface area contributed by atoms with Gasteiger partial charge in [-0.25, -0.2) is 0 Å². The molecule has 4 atom stereocenters. The Kier molecular flexibility index (Phi) is 5.38. The molecule has 2 rings (SSSR count). The van der Waals surface area contributed by atoms with Crippen molar-refractivity contribution in [1.82, 2.24) is 0 Å². The average molecular weight is 302 g/mol. The van der Waals surface area contributed by atoms with Crippen molar-refractivity contribution in [2.75, 3.05) is 0 Å². The Labute approximate surface area is 128 Å². The summed E-state index contributed by atoms with van der Waals surface area (Å²) in [5.41, 5.74) is 0.203. The molecule has 0 aromatic heterocycles. The Morgan fingerprint density at radius 3 is 2.27 bits per heavy atom. The molecule has 0 radical (unpaired) electrons. The van der Waals surface area contributed by atoms with Gasteiger partial charge in [-0.2, -0.15) is 0 Å². The van der Waals surface area contributed by atoms with E-state index in [1.165, 1.54) is 12.1 Å². The van der Waals surface area contributed by atoms with Gasteiger partial charge in [0.15, 0.2) is 11.6 Å². The number of carbonyl (C=O) groups is 2. The molecule has 1 aliphatic rings. The summed E-state index contributed by atoms with van der Waals surface area (Å²) in [7, 11) is 0. The standard InChI is InChI=1S/C17H18O5/c18-13(11-7-3-1-4-8-11)15(20)17(22)16(21)14(19)12-9-5-2-6-10-12/h1-9,12,15-17,20-22H,10H2/t12?,15-,16+,17+/m1/s1. The topological polar surface area (TPSA) is 94.8 Å². The average Bonchev–Trinajstić information content (AvgIpc) is 2.60. The van der Waals surface area contributed by atoms with E-state index in [0.717, 1.165) is 0 Å². The first-order chi connectivity index (χ1) is 10.5. The number of rotatable bonds is 6. The van der Waals surface area contributed by atoms with Crippen molar-refractivity contribution in [3.05, 3.63) is 60.2 Å². The molecule has 0 saturated carbocycles. The number of hydrogen-bond acceptors (Lipinski definition) is 5. The summed E-state index contributed by atoms with van der Waals surface area (Å²) >= 11 is 0. The third kappa shape index (κ3) is 3.57. The quantitative estimate of drug-likeness (QED) is 0.671. The van der Waals surface area contributed by atoms with Gasteiger partial charge in [-0.1, -0.05) is 54.6 Å². The molecular formula is C17H18O5. The van der Waals surface area contributed by atoms with Crippen molar-refractivity contribution in [1.29, 1.82) is 0 Å². The number of allylic oxidation sites excluding steroid dienone is 4. The molecule has 1 aromatic rings. The maximum absolute atomic E-state index is 12.1. The van der Waals surface area contributed by atoms with Crippen LogP contribution in [0.2, 0.25) is 0 Å². The maximum Gasteiger partial charge on any atom is 0.194 e. The predicted octanol–water partition coefficient (Wildman–Crippen LogP) is 0.653. The summed E-state index contributed by atoms with van der Waals surface area (Å²) in [5, 5.41) is 29.8. The van der Waals surface area contributed by atoms with Gasteiger partial charge in [0.2, 0.25) is 0 Å². The Bertz CT molecular complexity index is 590. The highest BCUT2D eigenvalue weighted by Gasteiger charge is 2.36. The molecule has 0 spiro atoms. The molecule has 5 nitrogen and oxygen atoms in total. The summed E-state index contributed by atoms with van der Waals surface area (Å²) in [6.45, 7) is 0. The molecule has 0 amide bonds. The summed E-state index contributed by atoms with van der Waals surface area (Å²) in [6.07, 6.45) is 1.73. The molecule has 3 N–H and O–H groups in total. The smallest absolute Gasteiger partial charge is 0.194 e. The van der Waals surface area contributed by atoms with Gasteiger partial charge in [-0.05, 0) is 6.42 Å². The first kappa shape index (κ1) is 16.3. The van der Waals surface area contributed by atoms with E-state index < -0.39 is 35.8 Å². The molecule has 1 aliphatic carbocycles. The first-order valence-corrected chi connectivity index (χ1v) is 7.03. The van der Waals surface area contributed by atoms with Crippen molar-refractivity contribution in [2.24, 2.45) is 5.92 Å². The first-order valence-electron chi connectivity index (χ1n) is 7.03. The summed E-state index contributed by atoms with van der Waals surface area (Å²) in [6, 6.07) is 7.92. The Morgan fingerprint density at radius 1 is 1.00 bits per heavy atom. The van der Waals surface area contributed by atoms with E-state index in [2.05, 4.69) is 0 Å². The molecule has 1 aromatic carbocycles. The lowest BCUT2D eigenvalue weighted by molar-refractivity contribution is -0.139. The predicted molar refractivity (Wildman–Crippen MR) is 80.2 cm³/mol. The zero-order valence-corrected chi connectivity index (χ0v) is 11.9. The normalized spacial score (nSPS) is 21.1. The molecule has 0 aliphatic heterocycles. The highest BCUT2D eigenvalue weighted by molar-refractivity contribution is 6.00. The van der Waals surface area contributed by atoms with Crippen molar-refractivity contribution >= 4 is 11.6 Å². The molecule has 22 heavy (non-hydrogen) atoms. The fraction of sp³-hybridized carbons (Fsp3) is 0.294. The second-order valence-corrected chi connectivity index (χ2v) is 5.17. The number of carbonyl (C=O) groups excluding carboxylic acids is 2. The maximum atomic E-state index is 12.1. The lowest BCUT2D eigenvalue weighted by Crippen LogP contribution is -2.47. The van der Waals surface area contributed by atoms with Gasteiger partial charge in [0.1, 0.15) is 18.3 Å². The van der Waals surface area contributed by atoms with Crippen LogP contribution in [0.25, 0.3) is 0 Å². The second kappa shape index (κ2) is 7.26. The van der Waals surface area contributed by atoms with Gasteiger partial charge in [0.25, 0.3) is 0 Å². The van der Waals surface area contributed by atoms with Crippen LogP contribution in [0, 0.1) is 5.92 Å². The van der Waals surface area contributed by atoms with Crippen LogP contribution >= 0.6 is 0 Å². The van der Waals surface area contributed by atoms with E-state index in [9.17, 15) is 24.9 Å². The monoisotopic (exact) mass is 302 g/mol.